The zero-order valence-corrected chi connectivity index (χ0v) is 18.7. The number of aromatic nitrogens is 4. The van der Waals surface area contributed by atoms with Gasteiger partial charge in [-0.2, -0.15) is 0 Å². The van der Waals surface area contributed by atoms with E-state index in [1.54, 1.807) is 32.7 Å². The highest BCUT2D eigenvalue weighted by atomic mass is 16.5. The first-order valence-electron chi connectivity index (χ1n) is 9.47. The van der Waals surface area contributed by atoms with Crippen molar-refractivity contribution in [3.63, 3.8) is 0 Å². The summed E-state index contributed by atoms with van der Waals surface area (Å²) in [6.07, 6.45) is 3.58. The number of nitrogen functional groups attached to an aromatic ring is 1. The molecule has 0 saturated carbocycles. The summed E-state index contributed by atoms with van der Waals surface area (Å²) in [5.41, 5.74) is 6.15. The molecule has 0 unspecified atom stereocenters. The second-order valence-electron chi connectivity index (χ2n) is 7.88. The summed E-state index contributed by atoms with van der Waals surface area (Å²) < 4.78 is 10.6. The fourth-order valence-electron chi connectivity index (χ4n) is 2.10. The van der Waals surface area contributed by atoms with Crippen molar-refractivity contribution in [1.82, 2.24) is 19.9 Å². The van der Waals surface area contributed by atoms with Crippen LogP contribution in [0.2, 0.25) is 0 Å². The predicted octanol–water partition coefficient (Wildman–Crippen LogP) is 3.07. The van der Waals surface area contributed by atoms with Crippen LogP contribution in [-0.2, 0) is 31.9 Å². The molecule has 0 amide bonds. The van der Waals surface area contributed by atoms with Crippen LogP contribution in [0.25, 0.3) is 0 Å². The highest BCUT2D eigenvalue weighted by Gasteiger charge is 2.22. The van der Waals surface area contributed by atoms with Gasteiger partial charge < -0.3 is 15.2 Å². The molecule has 0 saturated heterocycles. The maximum absolute atomic E-state index is 11.6. The number of rotatable bonds is 7. The number of methoxy groups -OCH3 is 2. The van der Waals surface area contributed by atoms with Crippen LogP contribution in [0.5, 0.6) is 0 Å². The monoisotopic (exact) mass is 403 g/mol. The molecule has 0 atom stereocenters. The topological polar surface area (TPSA) is 113 Å². The number of ether oxygens (including phenoxy) is 2. The van der Waals surface area contributed by atoms with E-state index in [1.807, 2.05) is 47.6 Å². The number of nitrogens with two attached hydrogens (primary N) is 1. The van der Waals surface area contributed by atoms with Crippen LogP contribution in [0.3, 0.4) is 0 Å². The second-order valence-corrected chi connectivity index (χ2v) is 7.88. The summed E-state index contributed by atoms with van der Waals surface area (Å²) in [5, 5.41) is 0. The van der Waals surface area contributed by atoms with Crippen molar-refractivity contribution < 1.29 is 14.3 Å². The minimum Gasteiger partial charge on any atom is -0.373 e. The lowest BCUT2D eigenvalue weighted by atomic mass is 10.0. The van der Waals surface area contributed by atoms with Gasteiger partial charge in [0, 0.05) is 32.5 Å². The summed E-state index contributed by atoms with van der Waals surface area (Å²) in [5.74, 6) is 0.999. The minimum atomic E-state index is -0.460. The van der Waals surface area contributed by atoms with E-state index in [0.29, 0.717) is 5.82 Å². The third-order valence-corrected chi connectivity index (χ3v) is 4.61. The smallest absolute Gasteiger partial charge is 0.220 e. The fraction of sp³-hybridized carbons (Fsp3) is 0.571. The SMILES string of the molecule is COC(C)(C)c1ccnc(CC(=O)C(C)C)n1.COC(C)(C)c1ccnc(N)n1. The molecule has 8 nitrogen and oxygen atoms in total. The maximum atomic E-state index is 11.6. The van der Waals surface area contributed by atoms with Crippen molar-refractivity contribution in [1.29, 1.82) is 0 Å². The molecule has 29 heavy (non-hydrogen) atoms. The summed E-state index contributed by atoms with van der Waals surface area (Å²) in [7, 11) is 3.28. The first kappa shape index (κ1) is 24.6. The average molecular weight is 404 g/mol. The van der Waals surface area contributed by atoms with Crippen molar-refractivity contribution in [2.75, 3.05) is 20.0 Å². The molecule has 0 aliphatic rings. The molecular weight excluding hydrogens is 370 g/mol. The van der Waals surface area contributed by atoms with Gasteiger partial charge in [-0.3, -0.25) is 4.79 Å². The zero-order chi connectivity index (χ0) is 22.2. The highest BCUT2D eigenvalue weighted by molar-refractivity contribution is 5.81. The molecule has 0 aliphatic heterocycles. The lowest BCUT2D eigenvalue weighted by Crippen LogP contribution is -2.22. The molecule has 0 bridgehead atoms. The van der Waals surface area contributed by atoms with E-state index in [0.717, 1.165) is 11.4 Å². The average Bonchev–Trinajstić information content (AvgIpc) is 2.68. The molecule has 0 fully saturated rings. The van der Waals surface area contributed by atoms with Crippen LogP contribution in [-0.4, -0.2) is 39.9 Å². The van der Waals surface area contributed by atoms with Crippen molar-refractivity contribution in [3.05, 3.63) is 41.7 Å². The summed E-state index contributed by atoms with van der Waals surface area (Å²) in [4.78, 5) is 28.0. The Hall–Kier alpha value is -2.45. The van der Waals surface area contributed by atoms with Gasteiger partial charge in [0.1, 0.15) is 22.8 Å². The van der Waals surface area contributed by atoms with E-state index in [9.17, 15) is 4.79 Å². The molecule has 2 aromatic heterocycles. The Labute approximate surface area is 173 Å². The molecule has 0 aliphatic carbocycles. The molecule has 0 aromatic carbocycles. The van der Waals surface area contributed by atoms with E-state index in [4.69, 9.17) is 15.2 Å². The minimum absolute atomic E-state index is 0.0118. The summed E-state index contributed by atoms with van der Waals surface area (Å²) >= 11 is 0. The highest BCUT2D eigenvalue weighted by Crippen LogP contribution is 2.22. The Balaban J connectivity index is 0.000000308. The van der Waals surface area contributed by atoms with Crippen molar-refractivity contribution >= 4 is 11.7 Å². The van der Waals surface area contributed by atoms with Crippen LogP contribution in [0.15, 0.2) is 24.5 Å². The van der Waals surface area contributed by atoms with Crippen LogP contribution >= 0.6 is 0 Å². The maximum Gasteiger partial charge on any atom is 0.220 e. The lowest BCUT2D eigenvalue weighted by Gasteiger charge is -2.22. The molecule has 8 heteroatoms. The number of carbonyl (C=O) groups excluding carboxylic acids is 1. The van der Waals surface area contributed by atoms with Gasteiger partial charge >= 0.3 is 0 Å². The Morgan fingerprint density at radius 3 is 1.90 bits per heavy atom. The molecule has 2 heterocycles. The number of hydrogen-bond acceptors (Lipinski definition) is 8. The van der Waals surface area contributed by atoms with Crippen molar-refractivity contribution in [2.45, 2.75) is 59.2 Å². The van der Waals surface area contributed by atoms with Gasteiger partial charge in [0.2, 0.25) is 5.95 Å². The standard InChI is InChI=1S/C13H20N2O2.C8H13N3O/c1-9(2)10(16)8-12-14-7-6-11(15-12)13(3,4)17-5;1-8(2,12-3)6-4-5-10-7(9)11-6/h6-7,9H,8H2,1-5H3;4-5H,1-3H3,(H2,9,10,11). The van der Waals surface area contributed by atoms with Crippen molar-refractivity contribution in [3.8, 4) is 0 Å². The third kappa shape index (κ3) is 7.47. The Morgan fingerprint density at radius 2 is 1.45 bits per heavy atom. The first-order valence-corrected chi connectivity index (χ1v) is 9.47. The van der Waals surface area contributed by atoms with Crippen LogP contribution in [0.1, 0.15) is 58.8 Å². The van der Waals surface area contributed by atoms with Gasteiger partial charge in [0.15, 0.2) is 0 Å². The van der Waals surface area contributed by atoms with Crippen LogP contribution in [0, 0.1) is 5.92 Å². The van der Waals surface area contributed by atoms with Gasteiger partial charge in [-0.1, -0.05) is 13.8 Å². The molecule has 2 N–H and O–H groups in total. The Kier molecular flexibility index (Phi) is 8.79. The van der Waals surface area contributed by atoms with E-state index in [1.165, 1.54) is 0 Å². The van der Waals surface area contributed by atoms with Gasteiger partial charge in [0.25, 0.3) is 0 Å². The second kappa shape index (κ2) is 10.4. The predicted molar refractivity (Wildman–Crippen MR) is 112 cm³/mol. The number of Topliss-reactive ketones (excluding diaryl/α,β-unsaturated/α-hetero) is 1. The van der Waals surface area contributed by atoms with E-state index >= 15 is 0 Å². The van der Waals surface area contributed by atoms with Crippen molar-refractivity contribution in [2.24, 2.45) is 5.92 Å². The van der Waals surface area contributed by atoms with E-state index in [2.05, 4.69) is 19.9 Å². The largest absolute Gasteiger partial charge is 0.373 e. The first-order chi connectivity index (χ1) is 13.4. The number of hydrogen-bond donors (Lipinski definition) is 1. The normalized spacial score (nSPS) is 11.8. The molecule has 0 spiro atoms. The zero-order valence-electron chi connectivity index (χ0n) is 18.7. The summed E-state index contributed by atoms with van der Waals surface area (Å²) in [6.45, 7) is 11.5. The molecule has 2 rings (SSSR count). The van der Waals surface area contributed by atoms with Crippen LogP contribution in [0.4, 0.5) is 5.95 Å². The van der Waals surface area contributed by atoms with E-state index < -0.39 is 11.2 Å². The fourth-order valence-corrected chi connectivity index (χ4v) is 2.10. The van der Waals surface area contributed by atoms with Gasteiger partial charge in [-0.05, 0) is 39.8 Å². The van der Waals surface area contributed by atoms with Gasteiger partial charge in [-0.15, -0.1) is 0 Å². The molecule has 160 valence electrons. The molecule has 2 aromatic rings. The van der Waals surface area contributed by atoms with Gasteiger partial charge in [-0.25, -0.2) is 19.9 Å². The van der Waals surface area contributed by atoms with E-state index in [-0.39, 0.29) is 24.1 Å². The number of anilines is 1. The number of ketones is 1. The third-order valence-electron chi connectivity index (χ3n) is 4.61. The lowest BCUT2D eigenvalue weighted by molar-refractivity contribution is -0.121. The number of nitrogens with zero attached hydrogens (tertiary/aromatic N) is 4. The molecular formula is C21H33N5O3. The Morgan fingerprint density at radius 1 is 0.966 bits per heavy atom. The number of carbonyl (C=O) groups is 1. The van der Waals surface area contributed by atoms with Crippen LogP contribution < -0.4 is 5.73 Å². The Bertz CT molecular complexity index is 806. The quantitative estimate of drug-likeness (QED) is 0.750. The van der Waals surface area contributed by atoms with Gasteiger partial charge in [0.05, 0.1) is 17.8 Å². The molecule has 0 radical (unpaired) electrons. The summed E-state index contributed by atoms with van der Waals surface area (Å²) in [6, 6.07) is 3.60.